The average molecular weight is 514 g/mol. The second kappa shape index (κ2) is 10.5. The largest absolute Gasteiger partial charge is 0.473 e. The van der Waals surface area contributed by atoms with Gasteiger partial charge in [0.15, 0.2) is 0 Å². The van der Waals surface area contributed by atoms with Crippen LogP contribution in [0.25, 0.3) is 16.9 Å². The number of hydrogen-bond donors (Lipinski definition) is 0. The van der Waals surface area contributed by atoms with E-state index in [1.807, 2.05) is 45.8 Å². The van der Waals surface area contributed by atoms with Gasteiger partial charge in [0.1, 0.15) is 24.1 Å². The molecule has 3 aromatic heterocycles. The molecule has 0 saturated carbocycles. The van der Waals surface area contributed by atoms with Crippen LogP contribution in [0.2, 0.25) is 0 Å². The normalized spacial score (nSPS) is 14.8. The van der Waals surface area contributed by atoms with Gasteiger partial charge in [-0.25, -0.2) is 23.7 Å². The van der Waals surface area contributed by atoms with Crippen LogP contribution in [-0.4, -0.2) is 36.8 Å². The van der Waals surface area contributed by atoms with E-state index in [2.05, 4.69) is 15.0 Å². The number of benzene rings is 2. The molecule has 0 unspecified atom stereocenters. The summed E-state index contributed by atoms with van der Waals surface area (Å²) in [7, 11) is 0. The third-order valence-corrected chi connectivity index (χ3v) is 6.61. The quantitative estimate of drug-likeness (QED) is 0.265. The van der Waals surface area contributed by atoms with Gasteiger partial charge in [-0.05, 0) is 47.9 Å². The van der Waals surface area contributed by atoms with Gasteiger partial charge in [-0.2, -0.15) is 0 Å². The molecule has 0 radical (unpaired) electrons. The SMILES string of the molecule is Fc1cc(-c2cccc(OCc3ccc(-n4ccnc4)cc3)n2)c(F)cc1Cc1nccn1C[C@@H]1CCO1. The van der Waals surface area contributed by atoms with Gasteiger partial charge in [0, 0.05) is 55.1 Å². The Kier molecular flexibility index (Phi) is 6.66. The number of rotatable bonds is 9. The number of pyridine rings is 1. The fourth-order valence-corrected chi connectivity index (χ4v) is 4.39. The van der Waals surface area contributed by atoms with Gasteiger partial charge in [0.25, 0.3) is 0 Å². The van der Waals surface area contributed by atoms with E-state index in [-0.39, 0.29) is 30.3 Å². The minimum absolute atomic E-state index is 0.0765. The van der Waals surface area contributed by atoms with Crippen molar-refractivity contribution in [3.8, 4) is 22.8 Å². The van der Waals surface area contributed by atoms with Crippen LogP contribution in [0.15, 0.2) is 85.7 Å². The third-order valence-electron chi connectivity index (χ3n) is 6.61. The molecular weight excluding hydrogens is 488 g/mol. The van der Waals surface area contributed by atoms with Crippen molar-refractivity contribution in [2.45, 2.75) is 32.1 Å². The van der Waals surface area contributed by atoms with E-state index in [1.165, 1.54) is 12.1 Å². The minimum Gasteiger partial charge on any atom is -0.473 e. The van der Waals surface area contributed by atoms with E-state index in [1.54, 1.807) is 36.9 Å². The molecule has 1 fully saturated rings. The fourth-order valence-electron chi connectivity index (χ4n) is 4.39. The molecule has 0 N–H and O–H groups in total. The Balaban J connectivity index is 1.15. The first kappa shape index (κ1) is 24.0. The van der Waals surface area contributed by atoms with E-state index in [0.717, 1.165) is 24.3 Å². The summed E-state index contributed by atoms with van der Waals surface area (Å²) in [4.78, 5) is 12.8. The molecule has 1 aliphatic heterocycles. The van der Waals surface area contributed by atoms with Crippen LogP contribution in [0.1, 0.15) is 23.4 Å². The van der Waals surface area contributed by atoms with Crippen molar-refractivity contribution in [3.63, 3.8) is 0 Å². The lowest BCUT2D eigenvalue weighted by Gasteiger charge is -2.27. The van der Waals surface area contributed by atoms with Crippen molar-refractivity contribution in [1.82, 2.24) is 24.1 Å². The summed E-state index contributed by atoms with van der Waals surface area (Å²) in [5, 5.41) is 0. The maximum atomic E-state index is 15.2. The summed E-state index contributed by atoms with van der Waals surface area (Å²) < 4.78 is 45.4. The van der Waals surface area contributed by atoms with E-state index < -0.39 is 11.6 Å². The van der Waals surface area contributed by atoms with Crippen molar-refractivity contribution >= 4 is 0 Å². The maximum absolute atomic E-state index is 15.2. The van der Waals surface area contributed by atoms with Crippen LogP contribution in [0, 0.1) is 11.6 Å². The molecule has 1 aliphatic rings. The van der Waals surface area contributed by atoms with Crippen molar-refractivity contribution in [3.05, 3.63) is 114 Å². The zero-order chi connectivity index (χ0) is 25.9. The number of halogens is 2. The molecule has 0 spiro atoms. The molecule has 0 amide bonds. The molecular formula is C29H25F2N5O2. The molecule has 0 aliphatic carbocycles. The molecule has 0 bridgehead atoms. The fraction of sp³-hybridized carbons (Fsp3) is 0.207. The van der Waals surface area contributed by atoms with Gasteiger partial charge < -0.3 is 18.6 Å². The van der Waals surface area contributed by atoms with Crippen LogP contribution < -0.4 is 4.74 Å². The average Bonchev–Trinajstić information content (AvgIpc) is 3.60. The van der Waals surface area contributed by atoms with Crippen LogP contribution in [0.3, 0.4) is 0 Å². The zero-order valence-electron chi connectivity index (χ0n) is 20.5. The number of nitrogens with zero attached hydrogens (tertiary/aromatic N) is 5. The predicted molar refractivity (Wildman–Crippen MR) is 137 cm³/mol. The van der Waals surface area contributed by atoms with Crippen LogP contribution >= 0.6 is 0 Å². The summed E-state index contributed by atoms with van der Waals surface area (Å²) in [5.41, 5.74) is 2.55. The Labute approximate surface area is 218 Å². The number of aromatic nitrogens is 5. The van der Waals surface area contributed by atoms with E-state index in [0.29, 0.717) is 23.9 Å². The molecule has 9 heteroatoms. The highest BCUT2D eigenvalue weighted by Crippen LogP contribution is 2.27. The highest BCUT2D eigenvalue weighted by molar-refractivity contribution is 5.61. The standard InChI is InChI=1S/C29H25F2N5O2/c30-25-16-24(26(31)14-21(25)15-28-33-10-12-35(28)17-23-8-13-37-23)27-2-1-3-29(34-27)38-18-20-4-6-22(7-5-20)36-11-9-32-19-36/h1-7,9-12,14,16,19,23H,8,13,15,17-18H2/t23-/m0/s1. The second-order valence-electron chi connectivity index (χ2n) is 9.16. The van der Waals surface area contributed by atoms with Crippen molar-refractivity contribution < 1.29 is 18.3 Å². The van der Waals surface area contributed by atoms with E-state index in [4.69, 9.17) is 9.47 Å². The number of ether oxygens (including phenoxy) is 2. The Morgan fingerprint density at radius 2 is 1.87 bits per heavy atom. The maximum Gasteiger partial charge on any atom is 0.214 e. The van der Waals surface area contributed by atoms with Gasteiger partial charge in [0.05, 0.1) is 24.7 Å². The summed E-state index contributed by atoms with van der Waals surface area (Å²) >= 11 is 0. The zero-order valence-corrected chi connectivity index (χ0v) is 20.5. The van der Waals surface area contributed by atoms with E-state index >= 15 is 8.78 Å². The first-order valence-electron chi connectivity index (χ1n) is 12.4. The molecule has 38 heavy (non-hydrogen) atoms. The Morgan fingerprint density at radius 3 is 2.63 bits per heavy atom. The first-order valence-corrected chi connectivity index (χ1v) is 12.4. The van der Waals surface area contributed by atoms with Crippen LogP contribution in [0.5, 0.6) is 5.88 Å². The summed E-state index contributed by atoms with van der Waals surface area (Å²) in [6, 6.07) is 15.3. The van der Waals surface area contributed by atoms with Crippen molar-refractivity contribution in [1.29, 1.82) is 0 Å². The molecule has 2 aromatic carbocycles. The Bertz CT molecular complexity index is 1530. The smallest absolute Gasteiger partial charge is 0.214 e. The highest BCUT2D eigenvalue weighted by atomic mass is 19.1. The van der Waals surface area contributed by atoms with Gasteiger partial charge in [-0.15, -0.1) is 0 Å². The van der Waals surface area contributed by atoms with E-state index in [9.17, 15) is 0 Å². The summed E-state index contributed by atoms with van der Waals surface area (Å²) in [6.07, 6.45) is 10.1. The van der Waals surface area contributed by atoms with Gasteiger partial charge >= 0.3 is 0 Å². The topological polar surface area (TPSA) is 67.0 Å². The van der Waals surface area contributed by atoms with Gasteiger partial charge in [-0.3, -0.25) is 0 Å². The lowest BCUT2D eigenvalue weighted by atomic mass is 10.0. The van der Waals surface area contributed by atoms with Gasteiger partial charge in [0.2, 0.25) is 5.88 Å². The Hall–Kier alpha value is -4.37. The monoisotopic (exact) mass is 513 g/mol. The molecule has 6 rings (SSSR count). The van der Waals surface area contributed by atoms with Crippen molar-refractivity contribution in [2.24, 2.45) is 0 Å². The lowest BCUT2D eigenvalue weighted by molar-refractivity contribution is -0.0595. The first-order chi connectivity index (χ1) is 18.6. The molecule has 192 valence electrons. The number of hydrogen-bond acceptors (Lipinski definition) is 5. The summed E-state index contributed by atoms with van der Waals surface area (Å²) in [6.45, 7) is 1.70. The molecule has 5 aromatic rings. The molecule has 7 nitrogen and oxygen atoms in total. The third kappa shape index (κ3) is 5.19. The molecule has 4 heterocycles. The minimum atomic E-state index is -0.554. The molecule has 1 atom stereocenters. The molecule has 1 saturated heterocycles. The van der Waals surface area contributed by atoms with Crippen LogP contribution in [-0.2, 0) is 24.3 Å². The lowest BCUT2D eigenvalue weighted by Crippen LogP contribution is -2.31. The van der Waals surface area contributed by atoms with Crippen molar-refractivity contribution in [2.75, 3.05) is 6.61 Å². The summed E-state index contributed by atoms with van der Waals surface area (Å²) in [5.74, 6) is -0.0769. The second-order valence-corrected chi connectivity index (χ2v) is 9.16. The Morgan fingerprint density at radius 1 is 1.00 bits per heavy atom. The highest BCUT2D eigenvalue weighted by Gasteiger charge is 2.21. The van der Waals surface area contributed by atoms with Crippen LogP contribution in [0.4, 0.5) is 8.78 Å². The number of imidazole rings is 2. The van der Waals surface area contributed by atoms with Gasteiger partial charge in [-0.1, -0.05) is 18.2 Å². The predicted octanol–water partition coefficient (Wildman–Crippen LogP) is 5.37.